The van der Waals surface area contributed by atoms with Gasteiger partial charge in [-0.3, -0.25) is 9.89 Å². The van der Waals surface area contributed by atoms with Crippen LogP contribution in [0.2, 0.25) is 0 Å². The molecule has 1 aliphatic carbocycles. The fourth-order valence-corrected chi connectivity index (χ4v) is 5.15. The number of rotatable bonds is 5. The molecule has 2 aliphatic heterocycles. The van der Waals surface area contributed by atoms with Gasteiger partial charge in [0, 0.05) is 37.7 Å². The highest BCUT2D eigenvalue weighted by Gasteiger charge is 2.49. The highest BCUT2D eigenvalue weighted by molar-refractivity contribution is 5.80. The summed E-state index contributed by atoms with van der Waals surface area (Å²) in [6, 6.07) is 0.414. The lowest BCUT2D eigenvalue weighted by molar-refractivity contribution is -0.0923. The standard InChI is InChI=1S/C21H41N5O/c1-20(2)17(15-18(20)27-5)24-19(22-3)23-16-21(9-13-25(4)14-10-21)26-11-7-6-8-12-26/h17-18H,6-16H2,1-5H3,(H2,22,23,24). The van der Waals surface area contributed by atoms with Crippen LogP contribution in [0, 0.1) is 5.41 Å². The summed E-state index contributed by atoms with van der Waals surface area (Å²) in [6.45, 7) is 10.4. The third kappa shape index (κ3) is 4.43. The van der Waals surface area contributed by atoms with Crippen LogP contribution in [-0.2, 0) is 4.74 Å². The van der Waals surface area contributed by atoms with E-state index in [-0.39, 0.29) is 11.0 Å². The predicted molar refractivity (Wildman–Crippen MR) is 112 cm³/mol. The summed E-state index contributed by atoms with van der Waals surface area (Å²) >= 11 is 0. The summed E-state index contributed by atoms with van der Waals surface area (Å²) in [5.41, 5.74) is 0.416. The van der Waals surface area contributed by atoms with E-state index in [4.69, 9.17) is 4.74 Å². The van der Waals surface area contributed by atoms with E-state index >= 15 is 0 Å². The van der Waals surface area contributed by atoms with Gasteiger partial charge >= 0.3 is 0 Å². The Balaban J connectivity index is 1.60. The average Bonchev–Trinajstić information content (AvgIpc) is 2.69. The monoisotopic (exact) mass is 379 g/mol. The zero-order valence-corrected chi connectivity index (χ0v) is 18.2. The van der Waals surface area contributed by atoms with Crippen molar-refractivity contribution in [3.8, 4) is 0 Å². The quantitative estimate of drug-likeness (QED) is 0.565. The first-order valence-electron chi connectivity index (χ1n) is 10.8. The van der Waals surface area contributed by atoms with Crippen molar-refractivity contribution in [2.45, 2.75) is 70.1 Å². The molecule has 0 aromatic rings. The molecule has 6 heteroatoms. The number of guanidine groups is 1. The van der Waals surface area contributed by atoms with Crippen molar-refractivity contribution >= 4 is 5.96 Å². The van der Waals surface area contributed by atoms with Crippen LogP contribution in [-0.4, -0.2) is 87.4 Å². The minimum Gasteiger partial charge on any atom is -0.381 e. The van der Waals surface area contributed by atoms with Crippen LogP contribution >= 0.6 is 0 Å². The van der Waals surface area contributed by atoms with E-state index < -0.39 is 0 Å². The molecule has 2 unspecified atom stereocenters. The topological polar surface area (TPSA) is 52.1 Å². The number of ether oxygens (including phenoxy) is 1. The zero-order valence-electron chi connectivity index (χ0n) is 18.2. The third-order valence-corrected chi connectivity index (χ3v) is 7.53. The van der Waals surface area contributed by atoms with E-state index in [2.05, 4.69) is 46.3 Å². The molecule has 0 aromatic heterocycles. The summed E-state index contributed by atoms with van der Waals surface area (Å²) in [4.78, 5) is 9.77. The number of piperidine rings is 2. The Morgan fingerprint density at radius 1 is 1.11 bits per heavy atom. The van der Waals surface area contributed by atoms with Gasteiger partial charge in [0.05, 0.1) is 6.10 Å². The molecule has 0 spiro atoms. The van der Waals surface area contributed by atoms with E-state index in [9.17, 15) is 0 Å². The first-order chi connectivity index (χ1) is 12.9. The van der Waals surface area contributed by atoms with E-state index in [1.165, 1.54) is 58.3 Å². The maximum absolute atomic E-state index is 5.60. The van der Waals surface area contributed by atoms with Crippen LogP contribution in [0.1, 0.15) is 52.4 Å². The molecule has 1 saturated carbocycles. The van der Waals surface area contributed by atoms with Gasteiger partial charge in [0.25, 0.3) is 0 Å². The van der Waals surface area contributed by atoms with Gasteiger partial charge in [-0.15, -0.1) is 0 Å². The molecule has 3 aliphatic rings. The summed E-state index contributed by atoms with van der Waals surface area (Å²) in [7, 11) is 5.95. The molecule has 2 saturated heterocycles. The van der Waals surface area contributed by atoms with Crippen LogP contribution in [0.5, 0.6) is 0 Å². The van der Waals surface area contributed by atoms with Gasteiger partial charge in [-0.05, 0) is 65.3 Å². The van der Waals surface area contributed by atoms with Gasteiger partial charge in [-0.1, -0.05) is 20.3 Å². The highest BCUT2D eigenvalue weighted by Crippen LogP contribution is 2.42. The zero-order chi connectivity index (χ0) is 19.5. The molecule has 27 heavy (non-hydrogen) atoms. The summed E-state index contributed by atoms with van der Waals surface area (Å²) in [5.74, 6) is 0.943. The van der Waals surface area contributed by atoms with Crippen molar-refractivity contribution in [1.29, 1.82) is 0 Å². The van der Waals surface area contributed by atoms with Crippen molar-refractivity contribution in [3.05, 3.63) is 0 Å². The van der Waals surface area contributed by atoms with Gasteiger partial charge in [-0.2, -0.15) is 0 Å². The van der Waals surface area contributed by atoms with E-state index in [0.29, 0.717) is 12.1 Å². The number of nitrogens with zero attached hydrogens (tertiary/aromatic N) is 3. The summed E-state index contributed by atoms with van der Waals surface area (Å²) < 4.78 is 5.60. The fraction of sp³-hybridized carbons (Fsp3) is 0.952. The van der Waals surface area contributed by atoms with E-state index in [1.54, 1.807) is 0 Å². The SMILES string of the molecule is CN=C(NCC1(N2CCCCC2)CCN(C)CC1)NC1CC(OC)C1(C)C. The molecule has 3 fully saturated rings. The maximum Gasteiger partial charge on any atom is 0.191 e. The molecule has 0 radical (unpaired) electrons. The smallest absolute Gasteiger partial charge is 0.191 e. The molecule has 3 rings (SSSR count). The van der Waals surface area contributed by atoms with Crippen LogP contribution < -0.4 is 10.6 Å². The largest absolute Gasteiger partial charge is 0.381 e. The van der Waals surface area contributed by atoms with Gasteiger partial charge in [0.15, 0.2) is 5.96 Å². The lowest BCUT2D eigenvalue weighted by atomic mass is 9.64. The molecule has 0 amide bonds. The lowest BCUT2D eigenvalue weighted by Crippen LogP contribution is -2.65. The first-order valence-corrected chi connectivity index (χ1v) is 10.8. The van der Waals surface area contributed by atoms with E-state index in [0.717, 1.165) is 18.9 Å². The minimum absolute atomic E-state index is 0.143. The lowest BCUT2D eigenvalue weighted by Gasteiger charge is -2.52. The van der Waals surface area contributed by atoms with Crippen LogP contribution in [0.25, 0.3) is 0 Å². The molecule has 2 heterocycles. The number of hydrogen-bond acceptors (Lipinski definition) is 4. The van der Waals surface area contributed by atoms with Crippen molar-refractivity contribution in [2.75, 3.05) is 53.9 Å². The Kier molecular flexibility index (Phi) is 6.70. The fourth-order valence-electron chi connectivity index (χ4n) is 5.15. The second-order valence-corrected chi connectivity index (χ2v) is 9.48. The average molecular weight is 380 g/mol. The van der Waals surface area contributed by atoms with Gasteiger partial charge < -0.3 is 20.3 Å². The first kappa shape index (κ1) is 20.9. The number of likely N-dealkylation sites (tertiary alicyclic amines) is 2. The third-order valence-electron chi connectivity index (χ3n) is 7.53. The number of nitrogens with one attached hydrogen (secondary N) is 2. The maximum atomic E-state index is 5.60. The number of methoxy groups -OCH3 is 1. The molecule has 2 atom stereocenters. The van der Waals surface area contributed by atoms with Crippen LogP contribution in [0.15, 0.2) is 4.99 Å². The van der Waals surface area contributed by atoms with Crippen LogP contribution in [0.3, 0.4) is 0 Å². The molecule has 156 valence electrons. The Hall–Kier alpha value is -0.850. The second kappa shape index (κ2) is 8.66. The number of hydrogen-bond donors (Lipinski definition) is 2. The number of aliphatic imine (C=N–C) groups is 1. The van der Waals surface area contributed by atoms with Gasteiger partial charge in [0.2, 0.25) is 0 Å². The molecular formula is C21H41N5O. The minimum atomic E-state index is 0.143. The van der Waals surface area contributed by atoms with Crippen molar-refractivity contribution in [1.82, 2.24) is 20.4 Å². The second-order valence-electron chi connectivity index (χ2n) is 9.48. The summed E-state index contributed by atoms with van der Waals surface area (Å²) in [5, 5.41) is 7.36. The Morgan fingerprint density at radius 2 is 1.78 bits per heavy atom. The van der Waals surface area contributed by atoms with E-state index in [1.807, 2.05) is 14.2 Å². The Labute approximate surface area is 166 Å². The Morgan fingerprint density at radius 3 is 2.33 bits per heavy atom. The molecule has 0 bridgehead atoms. The van der Waals surface area contributed by atoms with Crippen molar-refractivity contribution < 1.29 is 4.74 Å². The molecule has 2 N–H and O–H groups in total. The Bertz CT molecular complexity index is 507. The normalized spacial score (nSPS) is 32.0. The molecule has 0 aromatic carbocycles. The highest BCUT2D eigenvalue weighted by atomic mass is 16.5. The van der Waals surface area contributed by atoms with Gasteiger partial charge in [0.1, 0.15) is 0 Å². The predicted octanol–water partition coefficient (Wildman–Crippen LogP) is 1.92. The van der Waals surface area contributed by atoms with Gasteiger partial charge in [-0.25, -0.2) is 0 Å². The summed E-state index contributed by atoms with van der Waals surface area (Å²) in [6.07, 6.45) is 7.95. The molecule has 6 nitrogen and oxygen atoms in total. The molecular weight excluding hydrogens is 338 g/mol. The van der Waals surface area contributed by atoms with Crippen molar-refractivity contribution in [2.24, 2.45) is 10.4 Å². The van der Waals surface area contributed by atoms with Crippen LogP contribution in [0.4, 0.5) is 0 Å². The van der Waals surface area contributed by atoms with Crippen molar-refractivity contribution in [3.63, 3.8) is 0 Å².